The highest BCUT2D eigenvalue weighted by Gasteiger charge is 2.47. The average Bonchev–Trinajstić information content (AvgIpc) is 3.28. The summed E-state index contributed by atoms with van der Waals surface area (Å²) in [6, 6.07) is 10.2. The molecule has 2 heteroatoms. The minimum absolute atomic E-state index is 0.0688. The van der Waals surface area contributed by atoms with Gasteiger partial charge in [-0.05, 0) is 36.7 Å². The van der Waals surface area contributed by atoms with E-state index in [9.17, 15) is 9.90 Å². The maximum atomic E-state index is 12.3. The molecule has 2 aliphatic carbocycles. The van der Waals surface area contributed by atoms with E-state index in [1.807, 2.05) is 18.2 Å². The van der Waals surface area contributed by atoms with E-state index in [2.05, 4.69) is 12.1 Å². The topological polar surface area (TPSA) is 37.3 Å². The largest absolute Gasteiger partial charge is 0.385 e. The predicted molar refractivity (Wildman–Crippen MR) is 74.9 cm³/mol. The first-order valence-corrected chi connectivity index (χ1v) is 7.54. The highest BCUT2D eigenvalue weighted by molar-refractivity contribution is 5.89. The molecular weight excluding hydrogens is 236 g/mol. The smallest absolute Gasteiger partial charge is 0.165 e. The van der Waals surface area contributed by atoms with Gasteiger partial charge in [-0.25, -0.2) is 0 Å². The zero-order valence-electron chi connectivity index (χ0n) is 11.3. The molecule has 3 unspecified atom stereocenters. The Hall–Kier alpha value is -1.15. The first-order valence-electron chi connectivity index (χ1n) is 7.54. The van der Waals surface area contributed by atoms with E-state index in [0.717, 1.165) is 19.3 Å². The normalized spacial score (nSPS) is 28.9. The van der Waals surface area contributed by atoms with Gasteiger partial charge >= 0.3 is 0 Å². The van der Waals surface area contributed by atoms with Gasteiger partial charge in [0.2, 0.25) is 0 Å². The van der Waals surface area contributed by atoms with Crippen LogP contribution in [-0.4, -0.2) is 17.0 Å². The van der Waals surface area contributed by atoms with Crippen LogP contribution in [0.1, 0.15) is 50.0 Å². The van der Waals surface area contributed by atoms with E-state index in [1.165, 1.54) is 24.8 Å². The van der Waals surface area contributed by atoms with Gasteiger partial charge in [0.25, 0.3) is 0 Å². The van der Waals surface area contributed by atoms with E-state index in [-0.39, 0.29) is 17.6 Å². The van der Waals surface area contributed by atoms with E-state index < -0.39 is 6.10 Å². The third-order valence-electron chi connectivity index (χ3n) is 4.77. The average molecular weight is 258 g/mol. The highest BCUT2D eigenvalue weighted by Crippen LogP contribution is 2.49. The fourth-order valence-electron chi connectivity index (χ4n) is 3.48. The minimum atomic E-state index is -0.709. The van der Waals surface area contributed by atoms with E-state index in [1.54, 1.807) is 0 Å². The third kappa shape index (κ3) is 2.74. The van der Waals surface area contributed by atoms with Crippen molar-refractivity contribution in [3.63, 3.8) is 0 Å². The van der Waals surface area contributed by atoms with E-state index in [0.29, 0.717) is 5.92 Å². The van der Waals surface area contributed by atoms with Gasteiger partial charge in [-0.1, -0.05) is 49.6 Å². The summed E-state index contributed by atoms with van der Waals surface area (Å²) >= 11 is 0. The quantitative estimate of drug-likeness (QED) is 0.899. The number of carbonyl (C=O) groups excluding carboxylic acids is 1. The Bertz CT molecular complexity index is 434. The third-order valence-corrected chi connectivity index (χ3v) is 4.77. The van der Waals surface area contributed by atoms with Gasteiger partial charge in [0.1, 0.15) is 6.10 Å². The summed E-state index contributed by atoms with van der Waals surface area (Å²) in [6.07, 6.45) is 5.86. The SMILES string of the molecule is O=C(C(O)C1CCCCC1)C1CC1c1ccccc1. The van der Waals surface area contributed by atoms with Crippen LogP contribution in [0.3, 0.4) is 0 Å². The summed E-state index contributed by atoms with van der Waals surface area (Å²) in [6.45, 7) is 0. The number of hydrogen-bond acceptors (Lipinski definition) is 2. The van der Waals surface area contributed by atoms with Crippen LogP contribution in [0, 0.1) is 11.8 Å². The molecule has 1 N–H and O–H groups in total. The Morgan fingerprint density at radius 1 is 1.11 bits per heavy atom. The first-order chi connectivity index (χ1) is 9.27. The number of ketones is 1. The molecule has 1 aromatic carbocycles. The standard InChI is InChI=1S/C17H22O2/c18-16(13-9-5-2-6-10-13)17(19)15-11-14(15)12-7-3-1-4-8-12/h1,3-4,7-8,13-16,18H,2,5-6,9-11H2. The molecule has 0 heterocycles. The number of Topliss-reactive ketones (excluding diaryl/α,β-unsaturated/α-hetero) is 1. The second kappa shape index (κ2) is 5.46. The van der Waals surface area contributed by atoms with Crippen molar-refractivity contribution in [1.29, 1.82) is 0 Å². The molecule has 3 atom stereocenters. The Kier molecular flexibility index (Phi) is 3.69. The summed E-state index contributed by atoms with van der Waals surface area (Å²) < 4.78 is 0. The molecule has 0 bridgehead atoms. The molecule has 2 saturated carbocycles. The number of benzene rings is 1. The van der Waals surface area contributed by atoms with E-state index >= 15 is 0 Å². The van der Waals surface area contributed by atoms with Crippen LogP contribution in [0.2, 0.25) is 0 Å². The van der Waals surface area contributed by atoms with Crippen LogP contribution in [0.4, 0.5) is 0 Å². The van der Waals surface area contributed by atoms with Crippen LogP contribution < -0.4 is 0 Å². The molecule has 0 aromatic heterocycles. The van der Waals surface area contributed by atoms with Gasteiger partial charge in [-0.15, -0.1) is 0 Å². The van der Waals surface area contributed by atoms with Crippen LogP contribution in [-0.2, 0) is 4.79 Å². The second-order valence-electron chi connectivity index (χ2n) is 6.10. The zero-order chi connectivity index (χ0) is 13.2. The highest BCUT2D eigenvalue weighted by atomic mass is 16.3. The number of aliphatic hydroxyl groups is 1. The van der Waals surface area contributed by atoms with Crippen molar-refractivity contribution in [2.45, 2.75) is 50.5 Å². The number of aliphatic hydroxyl groups excluding tert-OH is 1. The fourth-order valence-corrected chi connectivity index (χ4v) is 3.48. The van der Waals surface area contributed by atoms with Crippen molar-refractivity contribution in [3.05, 3.63) is 35.9 Å². The van der Waals surface area contributed by atoms with Crippen molar-refractivity contribution in [3.8, 4) is 0 Å². The molecule has 0 amide bonds. The molecule has 1 aromatic rings. The molecule has 3 rings (SSSR count). The van der Waals surface area contributed by atoms with Gasteiger partial charge < -0.3 is 5.11 Å². The van der Waals surface area contributed by atoms with Gasteiger partial charge in [-0.2, -0.15) is 0 Å². The van der Waals surface area contributed by atoms with Crippen molar-refractivity contribution in [1.82, 2.24) is 0 Å². The Morgan fingerprint density at radius 2 is 1.79 bits per heavy atom. The molecule has 2 fully saturated rings. The number of carbonyl (C=O) groups is 1. The monoisotopic (exact) mass is 258 g/mol. The molecular formula is C17H22O2. The Labute approximate surface area is 114 Å². The van der Waals surface area contributed by atoms with Crippen molar-refractivity contribution in [2.24, 2.45) is 11.8 Å². The maximum absolute atomic E-state index is 12.3. The molecule has 0 radical (unpaired) electrons. The lowest BCUT2D eigenvalue weighted by atomic mass is 9.83. The number of rotatable bonds is 4. The number of hydrogen-bond donors (Lipinski definition) is 1. The second-order valence-corrected chi connectivity index (χ2v) is 6.10. The van der Waals surface area contributed by atoms with Gasteiger partial charge in [0.05, 0.1) is 0 Å². The first kappa shape index (κ1) is 12.9. The zero-order valence-corrected chi connectivity index (χ0v) is 11.3. The lowest BCUT2D eigenvalue weighted by Gasteiger charge is -2.25. The Morgan fingerprint density at radius 3 is 2.47 bits per heavy atom. The van der Waals surface area contributed by atoms with Crippen molar-refractivity contribution >= 4 is 5.78 Å². The summed E-state index contributed by atoms with van der Waals surface area (Å²) in [5, 5.41) is 10.3. The van der Waals surface area contributed by atoms with Gasteiger partial charge in [-0.3, -0.25) is 4.79 Å². The molecule has 0 aliphatic heterocycles. The summed E-state index contributed by atoms with van der Waals surface area (Å²) in [4.78, 5) is 12.3. The summed E-state index contributed by atoms with van der Waals surface area (Å²) in [5.74, 6) is 0.741. The molecule has 2 nitrogen and oxygen atoms in total. The predicted octanol–water partition coefficient (Wildman–Crippen LogP) is 3.30. The summed E-state index contributed by atoms with van der Waals surface area (Å²) in [5.41, 5.74) is 1.25. The van der Waals surface area contributed by atoms with Gasteiger partial charge in [0.15, 0.2) is 5.78 Å². The lowest BCUT2D eigenvalue weighted by molar-refractivity contribution is -0.131. The van der Waals surface area contributed by atoms with E-state index in [4.69, 9.17) is 0 Å². The van der Waals surface area contributed by atoms with Crippen LogP contribution >= 0.6 is 0 Å². The van der Waals surface area contributed by atoms with Crippen LogP contribution in [0.15, 0.2) is 30.3 Å². The van der Waals surface area contributed by atoms with Crippen molar-refractivity contribution in [2.75, 3.05) is 0 Å². The minimum Gasteiger partial charge on any atom is -0.385 e. The summed E-state index contributed by atoms with van der Waals surface area (Å²) in [7, 11) is 0. The fraction of sp³-hybridized carbons (Fsp3) is 0.588. The molecule has 2 aliphatic rings. The molecule has 102 valence electrons. The van der Waals surface area contributed by atoms with Gasteiger partial charge in [0, 0.05) is 5.92 Å². The van der Waals surface area contributed by atoms with Crippen LogP contribution in [0.25, 0.3) is 0 Å². The Balaban J connectivity index is 1.60. The molecule has 0 saturated heterocycles. The van der Waals surface area contributed by atoms with Crippen molar-refractivity contribution < 1.29 is 9.90 Å². The molecule has 0 spiro atoms. The molecule has 19 heavy (non-hydrogen) atoms. The lowest BCUT2D eigenvalue weighted by Crippen LogP contribution is -2.32. The van der Waals surface area contributed by atoms with Crippen LogP contribution in [0.5, 0.6) is 0 Å². The maximum Gasteiger partial charge on any atom is 0.165 e.